The summed E-state index contributed by atoms with van der Waals surface area (Å²) >= 11 is 0. The highest BCUT2D eigenvalue weighted by molar-refractivity contribution is 5.86. The van der Waals surface area contributed by atoms with Crippen LogP contribution in [0.25, 0.3) is 11.2 Å². The van der Waals surface area contributed by atoms with Crippen molar-refractivity contribution in [1.29, 1.82) is 0 Å². The molecule has 0 spiro atoms. The van der Waals surface area contributed by atoms with Crippen molar-refractivity contribution in [2.24, 2.45) is 5.92 Å². The molecule has 20 heavy (non-hydrogen) atoms. The molecule has 0 unspecified atom stereocenters. The summed E-state index contributed by atoms with van der Waals surface area (Å²) in [6.45, 7) is 4.05. The van der Waals surface area contributed by atoms with Crippen LogP contribution in [0.3, 0.4) is 0 Å². The van der Waals surface area contributed by atoms with E-state index in [0.29, 0.717) is 25.2 Å². The van der Waals surface area contributed by atoms with Crippen molar-refractivity contribution >= 4 is 22.9 Å². The van der Waals surface area contributed by atoms with Gasteiger partial charge in [0.1, 0.15) is 6.33 Å². The van der Waals surface area contributed by atoms with Gasteiger partial charge in [0.2, 0.25) is 5.91 Å². The lowest BCUT2D eigenvalue weighted by Crippen LogP contribution is -2.53. The molecule has 0 aliphatic carbocycles. The molecule has 3 rings (SSSR count). The van der Waals surface area contributed by atoms with E-state index in [0.717, 1.165) is 11.5 Å². The number of aromatic nitrogens is 5. The molecule has 2 aromatic heterocycles. The highest BCUT2D eigenvalue weighted by Crippen LogP contribution is 2.28. The summed E-state index contributed by atoms with van der Waals surface area (Å²) < 4.78 is 1.74. The number of hydrogen-bond acceptors (Lipinski definition) is 6. The van der Waals surface area contributed by atoms with E-state index in [1.54, 1.807) is 23.7 Å². The Morgan fingerprint density at radius 1 is 1.40 bits per heavy atom. The fourth-order valence-corrected chi connectivity index (χ4v) is 2.40. The van der Waals surface area contributed by atoms with Gasteiger partial charge in [0, 0.05) is 33.7 Å². The van der Waals surface area contributed by atoms with Crippen molar-refractivity contribution in [3.63, 3.8) is 0 Å². The molecule has 0 bridgehead atoms. The third-order valence-electron chi connectivity index (χ3n) is 3.55. The molecule has 1 aliphatic rings. The summed E-state index contributed by atoms with van der Waals surface area (Å²) in [5.74, 6) is 0.956. The van der Waals surface area contributed by atoms with E-state index in [-0.39, 0.29) is 11.8 Å². The molecule has 2 aromatic rings. The topological polar surface area (TPSA) is 80.0 Å². The summed E-state index contributed by atoms with van der Waals surface area (Å²) in [7, 11) is 3.56. The molecule has 3 heterocycles. The third-order valence-corrected chi connectivity index (χ3v) is 3.55. The predicted octanol–water partition coefficient (Wildman–Crippen LogP) is -0.234. The first kappa shape index (κ1) is 12.8. The number of hydrogen-bond donors (Lipinski definition) is 0. The minimum atomic E-state index is 0.0382. The van der Waals surface area contributed by atoms with Gasteiger partial charge in [-0.2, -0.15) is 0 Å². The molecule has 0 radical (unpaired) electrons. The van der Waals surface area contributed by atoms with E-state index in [4.69, 9.17) is 0 Å². The maximum Gasteiger partial charge on any atom is 0.228 e. The standard InChI is InChI=1S/C12H17N7O/c1-4-19-11-9(15-16-19)10(13-7-14-11)18-5-8(6-18)12(20)17(2)3/h7-8H,4-6H2,1-3H3. The summed E-state index contributed by atoms with van der Waals surface area (Å²) in [4.78, 5) is 24.0. The highest BCUT2D eigenvalue weighted by atomic mass is 16.2. The molecular formula is C12H17N7O. The first-order valence-corrected chi connectivity index (χ1v) is 6.62. The van der Waals surface area contributed by atoms with Crippen molar-refractivity contribution in [1.82, 2.24) is 29.9 Å². The zero-order valence-corrected chi connectivity index (χ0v) is 11.8. The Morgan fingerprint density at radius 2 is 2.15 bits per heavy atom. The van der Waals surface area contributed by atoms with Crippen molar-refractivity contribution in [3.8, 4) is 0 Å². The zero-order chi connectivity index (χ0) is 14.3. The molecule has 0 saturated carbocycles. The number of carbonyl (C=O) groups excluding carboxylic acids is 1. The molecular weight excluding hydrogens is 258 g/mol. The van der Waals surface area contributed by atoms with Gasteiger partial charge < -0.3 is 9.80 Å². The predicted molar refractivity (Wildman–Crippen MR) is 73.2 cm³/mol. The lowest BCUT2D eigenvalue weighted by Gasteiger charge is -2.39. The van der Waals surface area contributed by atoms with Crippen LogP contribution in [0.2, 0.25) is 0 Å². The lowest BCUT2D eigenvalue weighted by atomic mass is 9.99. The van der Waals surface area contributed by atoms with E-state index in [9.17, 15) is 4.79 Å². The average molecular weight is 275 g/mol. The van der Waals surface area contributed by atoms with Crippen LogP contribution in [0.5, 0.6) is 0 Å². The normalized spacial score (nSPS) is 15.4. The first-order valence-electron chi connectivity index (χ1n) is 6.62. The van der Waals surface area contributed by atoms with Gasteiger partial charge >= 0.3 is 0 Å². The Morgan fingerprint density at radius 3 is 2.80 bits per heavy atom. The van der Waals surface area contributed by atoms with Crippen molar-refractivity contribution in [2.75, 3.05) is 32.1 Å². The summed E-state index contributed by atoms with van der Waals surface area (Å²) in [6.07, 6.45) is 1.52. The molecule has 1 aliphatic heterocycles. The van der Waals surface area contributed by atoms with E-state index < -0.39 is 0 Å². The number of anilines is 1. The molecule has 0 aromatic carbocycles. The van der Waals surface area contributed by atoms with Crippen LogP contribution >= 0.6 is 0 Å². The Labute approximate surface area is 116 Å². The molecule has 0 atom stereocenters. The van der Waals surface area contributed by atoms with Crippen LogP contribution in [0, 0.1) is 5.92 Å². The fourth-order valence-electron chi connectivity index (χ4n) is 2.40. The Hall–Kier alpha value is -2.25. The maximum absolute atomic E-state index is 11.9. The maximum atomic E-state index is 11.9. The van der Waals surface area contributed by atoms with Crippen LogP contribution in [0.15, 0.2) is 6.33 Å². The molecule has 0 N–H and O–H groups in total. The minimum Gasteiger partial charge on any atom is -0.353 e. The lowest BCUT2D eigenvalue weighted by molar-refractivity contribution is -0.133. The van der Waals surface area contributed by atoms with E-state index in [2.05, 4.69) is 20.3 Å². The van der Waals surface area contributed by atoms with Gasteiger partial charge in [-0.25, -0.2) is 14.6 Å². The average Bonchev–Trinajstić information content (AvgIpc) is 2.80. The quantitative estimate of drug-likeness (QED) is 0.769. The Balaban J connectivity index is 1.83. The number of carbonyl (C=O) groups is 1. The van der Waals surface area contributed by atoms with Gasteiger partial charge in [0.25, 0.3) is 0 Å². The second-order valence-corrected chi connectivity index (χ2v) is 5.11. The third kappa shape index (κ3) is 1.87. The van der Waals surface area contributed by atoms with Crippen molar-refractivity contribution in [2.45, 2.75) is 13.5 Å². The van der Waals surface area contributed by atoms with Crippen molar-refractivity contribution in [3.05, 3.63) is 6.33 Å². The summed E-state index contributed by atoms with van der Waals surface area (Å²) in [5, 5.41) is 8.21. The SMILES string of the molecule is CCn1nnc2c(N3CC(C(=O)N(C)C)C3)ncnc21. The minimum absolute atomic E-state index is 0.0382. The smallest absolute Gasteiger partial charge is 0.228 e. The molecule has 8 heteroatoms. The number of amides is 1. The molecule has 8 nitrogen and oxygen atoms in total. The van der Waals surface area contributed by atoms with Crippen LogP contribution in [-0.2, 0) is 11.3 Å². The summed E-state index contributed by atoms with van der Waals surface area (Å²) in [6, 6.07) is 0. The van der Waals surface area contributed by atoms with Gasteiger partial charge in [-0.1, -0.05) is 5.21 Å². The van der Waals surface area contributed by atoms with Gasteiger partial charge in [-0.15, -0.1) is 5.10 Å². The summed E-state index contributed by atoms with van der Waals surface area (Å²) in [5.41, 5.74) is 1.44. The second-order valence-electron chi connectivity index (χ2n) is 5.11. The fraction of sp³-hybridized carbons (Fsp3) is 0.583. The van der Waals surface area contributed by atoms with Crippen LogP contribution in [-0.4, -0.2) is 63.0 Å². The number of nitrogens with zero attached hydrogens (tertiary/aromatic N) is 7. The van der Waals surface area contributed by atoms with Gasteiger partial charge in [0.15, 0.2) is 17.0 Å². The van der Waals surface area contributed by atoms with Gasteiger partial charge in [-0.3, -0.25) is 4.79 Å². The van der Waals surface area contributed by atoms with E-state index in [1.165, 1.54) is 6.33 Å². The van der Waals surface area contributed by atoms with Gasteiger partial charge in [-0.05, 0) is 6.92 Å². The van der Waals surface area contributed by atoms with Crippen molar-refractivity contribution < 1.29 is 4.79 Å². The monoisotopic (exact) mass is 275 g/mol. The highest BCUT2D eigenvalue weighted by Gasteiger charge is 2.35. The van der Waals surface area contributed by atoms with Crippen LogP contribution in [0.1, 0.15) is 6.92 Å². The molecule has 1 saturated heterocycles. The molecule has 106 valence electrons. The van der Waals surface area contributed by atoms with E-state index >= 15 is 0 Å². The van der Waals surface area contributed by atoms with Gasteiger partial charge in [0.05, 0.1) is 5.92 Å². The number of rotatable bonds is 3. The zero-order valence-electron chi connectivity index (χ0n) is 11.8. The first-order chi connectivity index (χ1) is 9.61. The largest absolute Gasteiger partial charge is 0.353 e. The van der Waals surface area contributed by atoms with Crippen LogP contribution in [0.4, 0.5) is 5.82 Å². The Bertz CT molecular complexity index is 644. The number of fused-ring (bicyclic) bond motifs is 1. The molecule has 1 amide bonds. The Kier molecular flexibility index (Phi) is 3.00. The number of aryl methyl sites for hydroxylation is 1. The van der Waals surface area contributed by atoms with E-state index in [1.807, 2.05) is 11.8 Å². The second kappa shape index (κ2) is 4.69. The van der Waals surface area contributed by atoms with Crippen LogP contribution < -0.4 is 4.90 Å². The molecule has 1 fully saturated rings.